The lowest BCUT2D eigenvalue weighted by Crippen LogP contribution is -2.41. The van der Waals surface area contributed by atoms with E-state index in [-0.39, 0.29) is 18.0 Å². The number of carboxylic acid groups (broad SMARTS) is 1. The van der Waals surface area contributed by atoms with Crippen molar-refractivity contribution in [3.05, 3.63) is 82.8 Å². The number of nitrogens with two attached hydrogens (primary N) is 1. The molecular formula is C35H41N7O4. The molecule has 0 bridgehead atoms. The molecule has 11 nitrogen and oxygen atoms in total. The Kier molecular flexibility index (Phi) is 7.78. The van der Waals surface area contributed by atoms with Crippen LogP contribution in [0.4, 0.5) is 11.8 Å². The van der Waals surface area contributed by atoms with Gasteiger partial charge in [-0.3, -0.25) is 4.79 Å². The van der Waals surface area contributed by atoms with E-state index in [9.17, 15) is 15.0 Å². The zero-order valence-corrected chi connectivity index (χ0v) is 26.4. The zero-order valence-electron chi connectivity index (χ0n) is 26.4. The largest absolute Gasteiger partial charge is 0.480 e. The maximum absolute atomic E-state index is 11.5. The Morgan fingerprint density at radius 2 is 1.80 bits per heavy atom. The third-order valence-electron chi connectivity index (χ3n) is 10.1. The van der Waals surface area contributed by atoms with Crippen LogP contribution in [0.15, 0.2) is 54.7 Å². The Hall–Kier alpha value is -4.32. The molecule has 1 atom stereocenters. The summed E-state index contributed by atoms with van der Waals surface area (Å²) >= 11 is 0. The molecule has 240 valence electrons. The normalized spacial score (nSPS) is 19.9. The number of nitrogen functional groups attached to an aromatic ring is 1. The van der Waals surface area contributed by atoms with Crippen LogP contribution in [0.5, 0.6) is 0 Å². The molecule has 46 heavy (non-hydrogen) atoms. The van der Waals surface area contributed by atoms with E-state index in [2.05, 4.69) is 44.5 Å². The fourth-order valence-electron chi connectivity index (χ4n) is 7.10. The number of benzene rings is 2. The average Bonchev–Trinajstić information content (AvgIpc) is 3.53. The molecule has 1 aliphatic carbocycles. The first-order valence-electron chi connectivity index (χ1n) is 16.0. The second kappa shape index (κ2) is 11.8. The topological polar surface area (TPSA) is 152 Å². The quantitative estimate of drug-likeness (QED) is 0.213. The number of ether oxygens (including phenoxy) is 1. The first-order chi connectivity index (χ1) is 22.2. The highest BCUT2D eigenvalue weighted by Gasteiger charge is 2.48. The average molecular weight is 624 g/mol. The zero-order chi connectivity index (χ0) is 32.1. The first kappa shape index (κ1) is 30.3. The minimum atomic E-state index is -0.772. The number of nitrogens with zero attached hydrogens (tertiary/aromatic N) is 5. The van der Waals surface area contributed by atoms with Crippen molar-refractivity contribution < 1.29 is 19.7 Å². The van der Waals surface area contributed by atoms with Gasteiger partial charge in [-0.1, -0.05) is 24.3 Å². The van der Waals surface area contributed by atoms with Crippen LogP contribution in [0.3, 0.4) is 0 Å². The number of aryl methyl sites for hydroxylation is 2. The van der Waals surface area contributed by atoms with Crippen molar-refractivity contribution in [1.82, 2.24) is 25.1 Å². The fraction of sp³-hybridized carbons (Fsp3) is 0.429. The molecule has 1 saturated carbocycles. The Bertz CT molecular complexity index is 1770. The van der Waals surface area contributed by atoms with Crippen LogP contribution >= 0.6 is 0 Å². The van der Waals surface area contributed by atoms with E-state index in [0.717, 1.165) is 96.0 Å². The van der Waals surface area contributed by atoms with E-state index in [0.29, 0.717) is 13.0 Å². The maximum atomic E-state index is 11.5. The lowest BCUT2D eigenvalue weighted by molar-refractivity contribution is -0.139. The van der Waals surface area contributed by atoms with Gasteiger partial charge in [-0.25, -0.2) is 9.67 Å². The van der Waals surface area contributed by atoms with Crippen LogP contribution in [0, 0.1) is 19.3 Å². The van der Waals surface area contributed by atoms with Crippen LogP contribution in [-0.4, -0.2) is 61.6 Å². The van der Waals surface area contributed by atoms with Gasteiger partial charge in [-0.05, 0) is 91.8 Å². The van der Waals surface area contributed by atoms with Gasteiger partial charge in [0.05, 0.1) is 35.9 Å². The fourth-order valence-corrected chi connectivity index (χ4v) is 7.10. The predicted octanol–water partition coefficient (Wildman–Crippen LogP) is 4.26. The number of aliphatic carboxylic acids is 1. The number of hydrogen-bond donors (Lipinski definition) is 4. The van der Waals surface area contributed by atoms with Gasteiger partial charge in [0.15, 0.2) is 0 Å². The van der Waals surface area contributed by atoms with Gasteiger partial charge in [0.25, 0.3) is 0 Å². The Balaban J connectivity index is 1.10. The summed E-state index contributed by atoms with van der Waals surface area (Å²) in [5, 5.41) is 27.2. The number of piperidine rings is 1. The number of nitrogens with one attached hydrogen (secondary N) is 1. The SMILES string of the molecule is Cc1ccn(-c2cc(-c3ccc(C)c(CO)c3)ccc2C2(OCc3cc(N4CCC5(CC4)CN[C@H](C(=O)O)C5)nc(N)n3)CC2)n1. The molecule has 2 saturated heterocycles. The molecule has 5 N–H and O–H groups in total. The molecule has 11 heteroatoms. The summed E-state index contributed by atoms with van der Waals surface area (Å²) in [6.45, 7) is 6.58. The molecule has 0 unspecified atom stereocenters. The highest BCUT2D eigenvalue weighted by atomic mass is 16.5. The van der Waals surface area contributed by atoms with Crippen LogP contribution in [0.1, 0.15) is 60.2 Å². The van der Waals surface area contributed by atoms with Gasteiger partial charge < -0.3 is 30.9 Å². The molecule has 0 radical (unpaired) electrons. The first-order valence-corrected chi connectivity index (χ1v) is 16.0. The summed E-state index contributed by atoms with van der Waals surface area (Å²) in [5.74, 6) is 0.225. The Morgan fingerprint density at radius 3 is 2.48 bits per heavy atom. The summed E-state index contributed by atoms with van der Waals surface area (Å²) in [6.07, 6.45) is 6.21. The molecule has 2 aromatic carbocycles. The maximum Gasteiger partial charge on any atom is 0.320 e. The number of carboxylic acids is 1. The van der Waals surface area contributed by atoms with Gasteiger partial charge in [0.1, 0.15) is 11.9 Å². The molecule has 4 heterocycles. The number of aliphatic hydroxyl groups is 1. The van der Waals surface area contributed by atoms with E-state index in [1.165, 1.54) is 0 Å². The minimum Gasteiger partial charge on any atom is -0.480 e. The van der Waals surface area contributed by atoms with Gasteiger partial charge in [-0.15, -0.1) is 0 Å². The molecule has 0 amide bonds. The summed E-state index contributed by atoms with van der Waals surface area (Å²) in [4.78, 5) is 22.8. The number of anilines is 2. The van der Waals surface area contributed by atoms with Crippen molar-refractivity contribution in [1.29, 1.82) is 0 Å². The van der Waals surface area contributed by atoms with Crippen LogP contribution in [-0.2, 0) is 28.3 Å². The van der Waals surface area contributed by atoms with Gasteiger partial charge in [0.2, 0.25) is 5.95 Å². The smallest absolute Gasteiger partial charge is 0.320 e. The van der Waals surface area contributed by atoms with E-state index in [1.807, 2.05) is 49.0 Å². The van der Waals surface area contributed by atoms with Gasteiger partial charge in [0, 0.05) is 37.5 Å². The van der Waals surface area contributed by atoms with E-state index in [4.69, 9.17) is 15.6 Å². The third kappa shape index (κ3) is 5.86. The van der Waals surface area contributed by atoms with Crippen molar-refractivity contribution in [3.63, 3.8) is 0 Å². The van der Waals surface area contributed by atoms with Crippen molar-refractivity contribution in [3.8, 4) is 16.8 Å². The van der Waals surface area contributed by atoms with E-state index < -0.39 is 17.6 Å². The van der Waals surface area contributed by atoms with Crippen molar-refractivity contribution in [2.75, 3.05) is 30.3 Å². The number of rotatable bonds is 9. The molecular weight excluding hydrogens is 582 g/mol. The van der Waals surface area contributed by atoms with E-state index in [1.54, 1.807) is 0 Å². The number of aliphatic hydroxyl groups excluding tert-OH is 1. The summed E-state index contributed by atoms with van der Waals surface area (Å²) in [7, 11) is 0. The molecule has 4 aromatic rings. The second-order valence-corrected chi connectivity index (χ2v) is 13.3. The lowest BCUT2D eigenvalue weighted by Gasteiger charge is -2.39. The van der Waals surface area contributed by atoms with E-state index >= 15 is 0 Å². The monoisotopic (exact) mass is 623 g/mol. The van der Waals surface area contributed by atoms with Crippen LogP contribution in [0.2, 0.25) is 0 Å². The van der Waals surface area contributed by atoms with Crippen LogP contribution in [0.25, 0.3) is 16.8 Å². The highest BCUT2D eigenvalue weighted by molar-refractivity contribution is 5.74. The minimum absolute atomic E-state index is 0.00157. The Labute approximate surface area is 268 Å². The number of aromatic nitrogens is 4. The number of carbonyl (C=O) groups is 1. The van der Waals surface area contributed by atoms with Gasteiger partial charge >= 0.3 is 5.97 Å². The molecule has 1 spiro atoms. The molecule has 7 rings (SSSR count). The van der Waals surface area contributed by atoms with Crippen molar-refractivity contribution >= 4 is 17.7 Å². The van der Waals surface area contributed by atoms with Crippen molar-refractivity contribution in [2.45, 2.75) is 70.8 Å². The van der Waals surface area contributed by atoms with Gasteiger partial charge in [-0.2, -0.15) is 10.1 Å². The summed E-state index contributed by atoms with van der Waals surface area (Å²) in [5.41, 5.74) is 13.5. The Morgan fingerprint density at radius 1 is 1.04 bits per heavy atom. The molecule has 3 aliphatic rings. The molecule has 2 aliphatic heterocycles. The summed E-state index contributed by atoms with van der Waals surface area (Å²) < 4.78 is 8.60. The summed E-state index contributed by atoms with van der Waals surface area (Å²) in [6, 6.07) is 16.1. The number of hydrogen-bond acceptors (Lipinski definition) is 9. The predicted molar refractivity (Wildman–Crippen MR) is 174 cm³/mol. The highest BCUT2D eigenvalue weighted by Crippen LogP contribution is 2.52. The third-order valence-corrected chi connectivity index (χ3v) is 10.1. The second-order valence-electron chi connectivity index (χ2n) is 13.3. The van der Waals surface area contributed by atoms with Crippen LogP contribution < -0.4 is 16.0 Å². The molecule has 3 fully saturated rings. The lowest BCUT2D eigenvalue weighted by atomic mass is 9.76. The standard InChI is InChI=1S/C35H41N7O4/c1-22-3-4-24(15-26(22)19-43)25-5-6-28(30(16-25)42-12-7-23(2)40-42)35(8-9-35)46-20-27-17-31(39-33(36)38-27)41-13-10-34(11-14-41)18-29(32(44)45)37-21-34/h3-7,12,15-17,29,37,43H,8-11,13-14,18-21H2,1-2H3,(H,44,45)(H2,36,38,39)/t29-/m0/s1. The van der Waals surface area contributed by atoms with Crippen molar-refractivity contribution in [2.24, 2.45) is 5.41 Å². The molecule has 2 aromatic heterocycles.